The third-order valence-corrected chi connectivity index (χ3v) is 8.87. The van der Waals surface area contributed by atoms with Crippen LogP contribution in [0.15, 0.2) is 69.1 Å². The summed E-state index contributed by atoms with van der Waals surface area (Å²) in [5.74, 6) is -1.81. The zero-order chi connectivity index (χ0) is 31.8. The van der Waals surface area contributed by atoms with Crippen LogP contribution in [0.2, 0.25) is 5.02 Å². The Hall–Kier alpha value is -4.12. The van der Waals surface area contributed by atoms with E-state index in [9.17, 15) is 36.0 Å². The first-order valence-corrected chi connectivity index (χ1v) is 15.2. The van der Waals surface area contributed by atoms with Crippen LogP contribution in [0, 0.1) is 0 Å². The van der Waals surface area contributed by atoms with Gasteiger partial charge in [0.05, 0.1) is 35.8 Å². The Morgan fingerprint density at radius 3 is 2.66 bits per heavy atom. The van der Waals surface area contributed by atoms with Crippen molar-refractivity contribution in [3.63, 3.8) is 0 Å². The second kappa shape index (κ2) is 12.1. The molecule has 0 aliphatic carbocycles. The number of hydrogen-bond acceptors (Lipinski definition) is 9. The number of imide groups is 1. The molecule has 0 bridgehead atoms. The van der Waals surface area contributed by atoms with E-state index in [1.165, 1.54) is 29.1 Å². The second-order valence-corrected chi connectivity index (χ2v) is 12.4. The minimum Gasteiger partial charge on any atom is -0.463 e. The van der Waals surface area contributed by atoms with E-state index < -0.39 is 44.0 Å². The molecule has 3 heterocycles. The van der Waals surface area contributed by atoms with Crippen molar-refractivity contribution >= 4 is 67.5 Å². The monoisotopic (exact) mass is 668 g/mol. The number of carbonyl (C=O) groups is 3. The number of fused-ring (bicyclic) bond motifs is 1. The summed E-state index contributed by atoms with van der Waals surface area (Å²) in [6.45, 7) is -0.761. The SMILES string of the molecule is COC(=O)c1ccc(S(=O)(=O)NCCN2C(=O)S/C(=C\c3ccc4c(cnn4Cc4ccc(Cl)cc4C(F)(F)F)c3)C2=O)o1. The van der Waals surface area contributed by atoms with Crippen LogP contribution >= 0.6 is 23.4 Å². The fourth-order valence-corrected chi connectivity index (χ4v) is 6.30. The highest BCUT2D eigenvalue weighted by molar-refractivity contribution is 8.18. The van der Waals surface area contributed by atoms with Crippen LogP contribution < -0.4 is 4.72 Å². The Morgan fingerprint density at radius 1 is 1.16 bits per heavy atom. The van der Waals surface area contributed by atoms with E-state index in [-0.39, 0.29) is 40.9 Å². The number of thioether (sulfide) groups is 1. The Morgan fingerprint density at radius 2 is 1.93 bits per heavy atom. The summed E-state index contributed by atoms with van der Waals surface area (Å²) >= 11 is 6.44. The van der Waals surface area contributed by atoms with Crippen molar-refractivity contribution in [2.24, 2.45) is 0 Å². The van der Waals surface area contributed by atoms with Gasteiger partial charge < -0.3 is 9.15 Å². The zero-order valence-corrected chi connectivity index (χ0v) is 24.8. The number of benzene rings is 2. The molecule has 5 rings (SSSR count). The van der Waals surface area contributed by atoms with E-state index in [2.05, 4.69) is 14.6 Å². The van der Waals surface area contributed by atoms with Gasteiger partial charge in [-0.1, -0.05) is 23.7 Å². The van der Waals surface area contributed by atoms with Gasteiger partial charge in [-0.15, -0.1) is 0 Å². The first kappa shape index (κ1) is 31.3. The topological polar surface area (TPSA) is 141 Å². The van der Waals surface area contributed by atoms with Crippen molar-refractivity contribution in [3.05, 3.63) is 87.1 Å². The number of alkyl halides is 3. The van der Waals surface area contributed by atoms with Crippen LogP contribution in [0.3, 0.4) is 0 Å². The third-order valence-electron chi connectivity index (χ3n) is 6.39. The van der Waals surface area contributed by atoms with Gasteiger partial charge in [0.1, 0.15) is 0 Å². The third kappa shape index (κ3) is 6.52. The number of carbonyl (C=O) groups excluding carboxylic acids is 3. The molecule has 0 spiro atoms. The highest BCUT2D eigenvalue weighted by Crippen LogP contribution is 2.35. The quantitative estimate of drug-likeness (QED) is 0.189. The predicted molar refractivity (Wildman–Crippen MR) is 153 cm³/mol. The maximum Gasteiger partial charge on any atom is 0.416 e. The van der Waals surface area contributed by atoms with Crippen molar-refractivity contribution in [2.75, 3.05) is 20.2 Å². The molecule has 0 radical (unpaired) electrons. The molecule has 2 aromatic carbocycles. The van der Waals surface area contributed by atoms with Gasteiger partial charge in [0.2, 0.25) is 10.9 Å². The number of furan rings is 1. The lowest BCUT2D eigenvalue weighted by atomic mass is 10.1. The maximum atomic E-state index is 13.5. The minimum absolute atomic E-state index is 0.0120. The van der Waals surface area contributed by atoms with Gasteiger partial charge in [-0.05, 0) is 65.4 Å². The number of sulfonamides is 1. The molecule has 230 valence electrons. The summed E-state index contributed by atoms with van der Waals surface area (Å²) in [6.07, 6.45) is -1.65. The van der Waals surface area contributed by atoms with Crippen molar-refractivity contribution < 1.29 is 45.1 Å². The Balaban J connectivity index is 1.26. The number of nitrogens with one attached hydrogen (secondary N) is 1. The van der Waals surface area contributed by atoms with Gasteiger partial charge >= 0.3 is 12.1 Å². The lowest BCUT2D eigenvalue weighted by Gasteiger charge is -2.14. The summed E-state index contributed by atoms with van der Waals surface area (Å²) in [7, 11) is -3.08. The van der Waals surface area contributed by atoms with Gasteiger partial charge in [0, 0.05) is 23.5 Å². The molecule has 1 aliphatic heterocycles. The molecule has 2 aromatic heterocycles. The largest absolute Gasteiger partial charge is 0.463 e. The predicted octanol–water partition coefficient (Wildman–Crippen LogP) is 5.15. The molecule has 44 heavy (non-hydrogen) atoms. The smallest absolute Gasteiger partial charge is 0.416 e. The molecule has 2 amide bonds. The van der Waals surface area contributed by atoms with Crippen molar-refractivity contribution in [2.45, 2.75) is 17.8 Å². The molecule has 11 nitrogen and oxygen atoms in total. The molecule has 1 aliphatic rings. The Labute approximate surface area is 256 Å². The number of ether oxygens (including phenoxy) is 1. The van der Waals surface area contributed by atoms with Gasteiger partial charge in [-0.2, -0.15) is 18.3 Å². The van der Waals surface area contributed by atoms with Crippen molar-refractivity contribution in [3.8, 4) is 0 Å². The molecular weight excluding hydrogens is 649 g/mol. The first-order valence-electron chi connectivity index (χ1n) is 12.5. The molecule has 17 heteroatoms. The highest BCUT2D eigenvalue weighted by Gasteiger charge is 2.35. The lowest BCUT2D eigenvalue weighted by Crippen LogP contribution is -2.37. The lowest BCUT2D eigenvalue weighted by molar-refractivity contribution is -0.138. The maximum absolute atomic E-state index is 13.5. The van der Waals surface area contributed by atoms with Gasteiger partial charge in [-0.3, -0.25) is 19.2 Å². The zero-order valence-electron chi connectivity index (χ0n) is 22.4. The number of aromatic nitrogens is 2. The highest BCUT2D eigenvalue weighted by atomic mass is 35.5. The second-order valence-electron chi connectivity index (χ2n) is 9.26. The molecular formula is C27H20ClF3N4O7S2. The van der Waals surface area contributed by atoms with E-state index in [4.69, 9.17) is 16.0 Å². The summed E-state index contributed by atoms with van der Waals surface area (Å²) in [4.78, 5) is 37.9. The number of methoxy groups -OCH3 is 1. The number of esters is 1. The van der Waals surface area contributed by atoms with Gasteiger partial charge in [0.25, 0.3) is 21.2 Å². The molecule has 4 aromatic rings. The average molecular weight is 669 g/mol. The number of halogens is 4. The molecule has 1 N–H and O–H groups in total. The fourth-order valence-electron chi connectivity index (χ4n) is 4.32. The molecule has 1 saturated heterocycles. The van der Waals surface area contributed by atoms with Gasteiger partial charge in [-0.25, -0.2) is 17.9 Å². The van der Waals surface area contributed by atoms with Crippen LogP contribution in [-0.4, -0.2) is 60.4 Å². The van der Waals surface area contributed by atoms with Crippen molar-refractivity contribution in [1.82, 2.24) is 19.4 Å². The van der Waals surface area contributed by atoms with Gasteiger partial charge in [0.15, 0.2) is 0 Å². The summed E-state index contributed by atoms with van der Waals surface area (Å²) in [5.41, 5.74) is 0.204. The van der Waals surface area contributed by atoms with E-state index in [1.54, 1.807) is 18.2 Å². The minimum atomic E-state index is -4.60. The average Bonchev–Trinajstić information content (AvgIpc) is 3.68. The summed E-state index contributed by atoms with van der Waals surface area (Å²) in [5, 5.41) is 3.61. The van der Waals surface area contributed by atoms with E-state index in [0.717, 1.165) is 30.2 Å². The van der Waals surface area contributed by atoms with Crippen molar-refractivity contribution in [1.29, 1.82) is 0 Å². The molecule has 0 saturated carbocycles. The summed E-state index contributed by atoms with van der Waals surface area (Å²) < 4.78 is 78.6. The molecule has 0 atom stereocenters. The van der Waals surface area contributed by atoms with E-state index in [0.29, 0.717) is 28.2 Å². The van der Waals surface area contributed by atoms with Crippen LogP contribution in [0.1, 0.15) is 27.2 Å². The fraction of sp³-hybridized carbons (Fsp3) is 0.185. The number of hydrogen-bond donors (Lipinski definition) is 1. The Bertz CT molecular complexity index is 1940. The number of amides is 2. The summed E-state index contributed by atoms with van der Waals surface area (Å²) in [6, 6.07) is 10.7. The van der Waals surface area contributed by atoms with E-state index in [1.807, 2.05) is 0 Å². The van der Waals surface area contributed by atoms with Crippen LogP contribution in [-0.2, 0) is 32.3 Å². The first-order chi connectivity index (χ1) is 20.8. The number of nitrogens with zero attached hydrogens (tertiary/aromatic N) is 3. The standard InChI is InChI=1S/C27H20ClF3N4O7S2/c1-41-25(37)21-6-7-23(42-21)44(39,40)33-8-9-34-24(36)22(43-26(34)38)11-15-2-5-20-17(10-15)13-32-35(20)14-16-3-4-18(28)12-19(16)27(29,30)31/h2-7,10-13,33H,8-9,14H2,1H3/b22-11-. The van der Waals surface area contributed by atoms with E-state index >= 15 is 0 Å². The van der Waals surface area contributed by atoms with Crippen LogP contribution in [0.25, 0.3) is 17.0 Å². The number of rotatable bonds is 9. The Kier molecular flexibility index (Phi) is 8.62. The normalized spacial score (nSPS) is 15.1. The van der Waals surface area contributed by atoms with Crippen LogP contribution in [0.5, 0.6) is 0 Å². The molecule has 0 unspecified atom stereocenters. The molecule has 1 fully saturated rings. The van der Waals surface area contributed by atoms with Crippen LogP contribution in [0.4, 0.5) is 18.0 Å².